The van der Waals surface area contributed by atoms with Gasteiger partial charge in [0.05, 0.1) is 21.4 Å². The van der Waals surface area contributed by atoms with Gasteiger partial charge in [-0.3, -0.25) is 9.35 Å². The summed E-state index contributed by atoms with van der Waals surface area (Å²) >= 11 is -2.33. The van der Waals surface area contributed by atoms with E-state index in [-0.39, 0.29) is 26.8 Å². The van der Waals surface area contributed by atoms with Gasteiger partial charge in [-0.25, -0.2) is 8.18 Å². The fourth-order valence-electron chi connectivity index (χ4n) is 3.03. The second-order valence-electron chi connectivity index (χ2n) is 5.39. The molecule has 10 heteroatoms. The molecule has 128 valence electrons. The molecule has 4 aromatic rings. The molecule has 2 aromatic carbocycles. The van der Waals surface area contributed by atoms with Crippen LogP contribution in [0.15, 0.2) is 52.2 Å². The van der Waals surface area contributed by atoms with Crippen LogP contribution in [0, 0.1) is 0 Å². The molecule has 25 heavy (non-hydrogen) atoms. The number of hydrogen-bond acceptors (Lipinski definition) is 4. The lowest BCUT2D eigenvalue weighted by atomic mass is 10.1. The van der Waals surface area contributed by atoms with Gasteiger partial charge in [0.25, 0.3) is 5.56 Å². The standard InChI is InChI=1S/C15H10N2O6S2/c18-15-10-4-2-1-3-9(10)14-13(16-15)11-6-5-8(24(19)20)7-12(11)17(14)25(21,22)23/h1-7H,(H,16,18)(H,19,20)(H,21,22,23). The van der Waals surface area contributed by atoms with E-state index in [1.807, 2.05) is 0 Å². The van der Waals surface area contributed by atoms with Gasteiger partial charge in [-0.1, -0.05) is 18.2 Å². The summed E-state index contributed by atoms with van der Waals surface area (Å²) in [5, 5.41) is 0.917. The summed E-state index contributed by atoms with van der Waals surface area (Å²) in [6.07, 6.45) is 0. The van der Waals surface area contributed by atoms with Crippen molar-refractivity contribution in [1.29, 1.82) is 0 Å². The van der Waals surface area contributed by atoms with Crippen LogP contribution in [0.5, 0.6) is 0 Å². The first-order valence-corrected chi connectivity index (χ1v) is 9.47. The third-order valence-electron chi connectivity index (χ3n) is 3.99. The first-order chi connectivity index (χ1) is 11.8. The lowest BCUT2D eigenvalue weighted by Crippen LogP contribution is -2.12. The Bertz CT molecular complexity index is 1370. The topological polar surface area (TPSA) is 129 Å². The zero-order chi connectivity index (χ0) is 17.9. The van der Waals surface area contributed by atoms with Gasteiger partial charge in [-0.15, -0.1) is 0 Å². The Kier molecular flexibility index (Phi) is 3.34. The average molecular weight is 378 g/mol. The largest absolute Gasteiger partial charge is 0.364 e. The smallest absolute Gasteiger partial charge is 0.320 e. The van der Waals surface area contributed by atoms with E-state index in [2.05, 4.69) is 4.98 Å². The molecule has 0 saturated carbocycles. The zero-order valence-electron chi connectivity index (χ0n) is 12.3. The maximum atomic E-state index is 12.3. The molecule has 0 aliphatic rings. The van der Waals surface area contributed by atoms with E-state index in [9.17, 15) is 26.5 Å². The maximum absolute atomic E-state index is 12.3. The van der Waals surface area contributed by atoms with E-state index in [1.54, 1.807) is 18.2 Å². The number of benzene rings is 2. The molecule has 1 unspecified atom stereocenters. The van der Waals surface area contributed by atoms with E-state index in [0.717, 1.165) is 0 Å². The summed E-state index contributed by atoms with van der Waals surface area (Å²) in [5.41, 5.74) is -0.114. The second kappa shape index (κ2) is 5.23. The van der Waals surface area contributed by atoms with Crippen molar-refractivity contribution >= 4 is 54.1 Å². The Morgan fingerprint density at radius 1 is 1.04 bits per heavy atom. The lowest BCUT2D eigenvalue weighted by molar-refractivity contribution is 0.476. The van der Waals surface area contributed by atoms with Gasteiger partial charge in [-0.2, -0.15) is 8.42 Å². The molecule has 1 atom stereocenters. The van der Waals surface area contributed by atoms with Crippen molar-refractivity contribution in [3.8, 4) is 0 Å². The Balaban J connectivity index is 2.40. The number of aromatic nitrogens is 2. The van der Waals surface area contributed by atoms with Crippen LogP contribution in [0.2, 0.25) is 0 Å². The molecule has 0 radical (unpaired) electrons. The van der Waals surface area contributed by atoms with E-state index >= 15 is 0 Å². The molecule has 0 fully saturated rings. The number of hydrogen-bond donors (Lipinski definition) is 3. The molecule has 0 bridgehead atoms. The molecule has 8 nitrogen and oxygen atoms in total. The van der Waals surface area contributed by atoms with Gasteiger partial charge < -0.3 is 9.54 Å². The summed E-state index contributed by atoms with van der Waals surface area (Å²) in [6, 6.07) is 10.3. The van der Waals surface area contributed by atoms with Crippen molar-refractivity contribution in [2.24, 2.45) is 0 Å². The Hall–Kier alpha value is -2.53. The van der Waals surface area contributed by atoms with Gasteiger partial charge >= 0.3 is 10.3 Å². The van der Waals surface area contributed by atoms with E-state index in [4.69, 9.17) is 0 Å². The van der Waals surface area contributed by atoms with E-state index in [0.29, 0.717) is 14.7 Å². The maximum Gasteiger partial charge on any atom is 0.364 e. The van der Waals surface area contributed by atoms with Crippen LogP contribution >= 0.6 is 0 Å². The van der Waals surface area contributed by atoms with Crippen LogP contribution in [-0.2, 0) is 21.4 Å². The number of fused-ring (bicyclic) bond motifs is 5. The first kappa shape index (κ1) is 16.0. The van der Waals surface area contributed by atoms with E-state index < -0.39 is 26.9 Å². The van der Waals surface area contributed by atoms with Crippen molar-refractivity contribution in [3.05, 3.63) is 52.8 Å². The van der Waals surface area contributed by atoms with Gasteiger partial charge in [0.1, 0.15) is 0 Å². The SMILES string of the molecule is O=c1[nH]c2c3ccc(S(=O)O)cc3n(S(=O)(=O)O)c2c2ccccc12. The van der Waals surface area contributed by atoms with Gasteiger partial charge in [0.15, 0.2) is 11.1 Å². The van der Waals surface area contributed by atoms with Crippen molar-refractivity contribution in [3.63, 3.8) is 0 Å². The molecule has 0 aliphatic heterocycles. The van der Waals surface area contributed by atoms with Gasteiger partial charge in [-0.05, 0) is 24.3 Å². The Morgan fingerprint density at radius 3 is 2.36 bits per heavy atom. The summed E-state index contributed by atoms with van der Waals surface area (Å²) in [6.45, 7) is 0. The number of nitrogens with zero attached hydrogens (tertiary/aromatic N) is 1. The fraction of sp³-hybridized carbons (Fsp3) is 0. The molecule has 0 amide bonds. The molecule has 0 saturated heterocycles. The monoisotopic (exact) mass is 378 g/mol. The van der Waals surface area contributed by atoms with Gasteiger partial charge in [0, 0.05) is 16.2 Å². The number of rotatable bonds is 2. The average Bonchev–Trinajstić information content (AvgIpc) is 2.89. The summed E-state index contributed by atoms with van der Waals surface area (Å²) in [7, 11) is -4.75. The molecule has 0 spiro atoms. The highest BCUT2D eigenvalue weighted by atomic mass is 32.2. The fourth-order valence-corrected chi connectivity index (χ4v) is 4.24. The lowest BCUT2D eigenvalue weighted by Gasteiger charge is -2.05. The molecule has 0 aliphatic carbocycles. The Morgan fingerprint density at radius 2 is 1.72 bits per heavy atom. The van der Waals surface area contributed by atoms with Crippen molar-refractivity contribution in [2.75, 3.05) is 0 Å². The first-order valence-electron chi connectivity index (χ1n) is 6.97. The van der Waals surface area contributed by atoms with Crippen LogP contribution in [0.4, 0.5) is 0 Å². The van der Waals surface area contributed by atoms with Gasteiger partial charge in [0.2, 0.25) is 0 Å². The minimum Gasteiger partial charge on any atom is -0.320 e. The summed E-state index contributed by atoms with van der Waals surface area (Å²) in [5.74, 6) is 0. The van der Waals surface area contributed by atoms with Crippen molar-refractivity contribution in [1.82, 2.24) is 8.96 Å². The highest BCUT2D eigenvalue weighted by Crippen LogP contribution is 2.33. The highest BCUT2D eigenvalue weighted by Gasteiger charge is 2.23. The van der Waals surface area contributed by atoms with Crippen molar-refractivity contribution < 1.29 is 21.7 Å². The van der Waals surface area contributed by atoms with Crippen LogP contribution in [0.3, 0.4) is 0 Å². The highest BCUT2D eigenvalue weighted by molar-refractivity contribution is 7.84. The van der Waals surface area contributed by atoms with Crippen molar-refractivity contribution in [2.45, 2.75) is 4.90 Å². The molecular formula is C15H10N2O6S2. The number of aromatic amines is 1. The summed E-state index contributed by atoms with van der Waals surface area (Å²) in [4.78, 5) is 14.9. The Labute approximate surface area is 142 Å². The third kappa shape index (κ3) is 2.30. The zero-order valence-corrected chi connectivity index (χ0v) is 14.0. The number of H-pyrrole nitrogens is 1. The predicted octanol–water partition coefficient (Wildman–Crippen LogP) is 1.87. The summed E-state index contributed by atoms with van der Waals surface area (Å²) < 4.78 is 55.0. The molecule has 2 heterocycles. The minimum absolute atomic E-state index is 0.00981. The van der Waals surface area contributed by atoms with Crippen LogP contribution in [0.25, 0.3) is 32.7 Å². The predicted molar refractivity (Wildman–Crippen MR) is 93.6 cm³/mol. The molecule has 3 N–H and O–H groups in total. The van der Waals surface area contributed by atoms with Crippen LogP contribution in [-0.4, -0.2) is 30.7 Å². The number of nitrogens with one attached hydrogen (secondary N) is 1. The third-order valence-corrected chi connectivity index (χ3v) is 5.49. The number of pyridine rings is 1. The van der Waals surface area contributed by atoms with E-state index in [1.165, 1.54) is 24.3 Å². The molecule has 2 aromatic heterocycles. The van der Waals surface area contributed by atoms with Crippen LogP contribution < -0.4 is 5.56 Å². The minimum atomic E-state index is -4.75. The molecular weight excluding hydrogens is 368 g/mol. The quantitative estimate of drug-likeness (QED) is 0.361. The normalized spacial score (nSPS) is 13.7. The van der Waals surface area contributed by atoms with Crippen LogP contribution in [0.1, 0.15) is 0 Å². The second-order valence-corrected chi connectivity index (χ2v) is 7.62. The molecule has 4 rings (SSSR count).